The quantitative estimate of drug-likeness (QED) is 0.586. The van der Waals surface area contributed by atoms with Crippen LogP contribution in [0.1, 0.15) is 30.9 Å². The highest BCUT2D eigenvalue weighted by atomic mass is 32.1. The van der Waals surface area contributed by atoms with E-state index in [1.165, 1.54) is 16.0 Å². The van der Waals surface area contributed by atoms with E-state index in [1.807, 2.05) is 30.0 Å². The molecule has 4 rings (SSSR count). The summed E-state index contributed by atoms with van der Waals surface area (Å²) in [7, 11) is 0. The Morgan fingerprint density at radius 3 is 2.59 bits per heavy atom. The summed E-state index contributed by atoms with van der Waals surface area (Å²) in [5.41, 5.74) is 2.80. The molecule has 6 heteroatoms. The molecule has 2 aromatic heterocycles. The summed E-state index contributed by atoms with van der Waals surface area (Å²) in [5.74, 6) is 0.196. The zero-order chi connectivity index (χ0) is 22.4. The number of piperidine rings is 1. The first-order valence-electron chi connectivity index (χ1n) is 11.2. The first-order chi connectivity index (χ1) is 15.6. The van der Waals surface area contributed by atoms with Gasteiger partial charge in [-0.3, -0.25) is 14.6 Å². The molecular weight excluding hydrogens is 418 g/mol. The van der Waals surface area contributed by atoms with Gasteiger partial charge in [0, 0.05) is 36.9 Å². The Bertz CT molecular complexity index is 1040. The van der Waals surface area contributed by atoms with Gasteiger partial charge >= 0.3 is 0 Å². The predicted molar refractivity (Wildman–Crippen MR) is 128 cm³/mol. The number of aromatic nitrogens is 1. The predicted octanol–water partition coefficient (Wildman–Crippen LogP) is 4.34. The number of hydrogen-bond donors (Lipinski definition) is 1. The first-order valence-corrected chi connectivity index (χ1v) is 12.1. The molecule has 2 amide bonds. The second-order valence-electron chi connectivity index (χ2n) is 8.37. The number of likely N-dealkylation sites (tertiary alicyclic amines) is 1. The minimum Gasteiger partial charge on any atom is -0.356 e. The smallest absolute Gasteiger partial charge is 0.227 e. The van der Waals surface area contributed by atoms with Crippen molar-refractivity contribution in [2.45, 2.75) is 32.6 Å². The lowest BCUT2D eigenvalue weighted by Crippen LogP contribution is -2.51. The highest BCUT2D eigenvalue weighted by molar-refractivity contribution is 7.13. The molecule has 5 nitrogen and oxygen atoms in total. The maximum Gasteiger partial charge on any atom is 0.227 e. The second-order valence-corrected chi connectivity index (χ2v) is 9.32. The van der Waals surface area contributed by atoms with Crippen molar-refractivity contribution in [3.05, 3.63) is 77.4 Å². The number of nitrogens with one attached hydrogen (secondary N) is 1. The molecule has 32 heavy (non-hydrogen) atoms. The summed E-state index contributed by atoms with van der Waals surface area (Å²) in [6.07, 6.45) is 5.81. The molecule has 166 valence electrons. The minimum atomic E-state index is -0.506. The summed E-state index contributed by atoms with van der Waals surface area (Å²) < 4.78 is 0. The van der Waals surface area contributed by atoms with Crippen molar-refractivity contribution in [2.24, 2.45) is 5.41 Å². The van der Waals surface area contributed by atoms with E-state index < -0.39 is 5.41 Å². The van der Waals surface area contributed by atoms with Gasteiger partial charge in [0.2, 0.25) is 11.8 Å². The molecule has 1 fully saturated rings. The van der Waals surface area contributed by atoms with Gasteiger partial charge < -0.3 is 10.2 Å². The van der Waals surface area contributed by atoms with Crippen LogP contribution >= 0.6 is 11.3 Å². The van der Waals surface area contributed by atoms with Gasteiger partial charge in [0.15, 0.2) is 0 Å². The number of benzene rings is 1. The van der Waals surface area contributed by atoms with Gasteiger partial charge in [-0.1, -0.05) is 36.4 Å². The third kappa shape index (κ3) is 4.91. The molecule has 0 spiro atoms. The molecule has 1 saturated heterocycles. The van der Waals surface area contributed by atoms with Crippen LogP contribution in [0.15, 0.2) is 66.3 Å². The number of nitrogens with zero attached hydrogens (tertiary/aromatic N) is 2. The fourth-order valence-corrected chi connectivity index (χ4v) is 5.30. The molecule has 0 saturated carbocycles. The third-order valence-electron chi connectivity index (χ3n) is 6.30. The van der Waals surface area contributed by atoms with Gasteiger partial charge in [0.05, 0.1) is 11.8 Å². The van der Waals surface area contributed by atoms with Crippen LogP contribution in [-0.4, -0.2) is 41.3 Å². The average Bonchev–Trinajstić information content (AvgIpc) is 3.35. The molecule has 1 aliphatic heterocycles. The number of carbonyl (C=O) groups excluding carboxylic acids is 2. The normalized spacial score (nSPS) is 15.3. The van der Waals surface area contributed by atoms with E-state index in [0.29, 0.717) is 45.3 Å². The lowest BCUT2D eigenvalue weighted by molar-refractivity contribution is -0.140. The van der Waals surface area contributed by atoms with Crippen LogP contribution in [0.4, 0.5) is 0 Å². The SMILES string of the molecule is CCNC(=O)C1(Cc2ccccc2-c2cccs2)CCN(C(=O)Cc2cccnc2)CC1. The van der Waals surface area contributed by atoms with E-state index in [-0.39, 0.29) is 11.8 Å². The summed E-state index contributed by atoms with van der Waals surface area (Å²) in [4.78, 5) is 33.3. The summed E-state index contributed by atoms with van der Waals surface area (Å²) in [6.45, 7) is 3.75. The standard InChI is InChI=1S/C26H29N3O2S/c1-2-28-25(31)26(18-21-8-3-4-9-22(21)23-10-6-16-32-23)11-14-29(15-12-26)24(30)17-20-7-5-13-27-19-20/h3-10,13,16,19H,2,11-12,14-15,17-18H2,1H3,(H,28,31). The van der Waals surface area contributed by atoms with Crippen molar-refractivity contribution in [3.63, 3.8) is 0 Å². The molecule has 0 atom stereocenters. The number of pyridine rings is 1. The summed E-state index contributed by atoms with van der Waals surface area (Å²) in [6, 6.07) is 16.3. The molecule has 0 aliphatic carbocycles. The van der Waals surface area contributed by atoms with Crippen LogP contribution in [0, 0.1) is 5.41 Å². The van der Waals surface area contributed by atoms with Gasteiger partial charge in [-0.25, -0.2) is 0 Å². The van der Waals surface area contributed by atoms with E-state index in [2.05, 4.69) is 46.0 Å². The van der Waals surface area contributed by atoms with Gasteiger partial charge in [-0.05, 0) is 60.4 Å². The van der Waals surface area contributed by atoms with Gasteiger partial charge in [0.1, 0.15) is 0 Å². The fourth-order valence-electron chi connectivity index (χ4n) is 4.52. The van der Waals surface area contributed by atoms with Crippen LogP contribution in [0.2, 0.25) is 0 Å². The maximum absolute atomic E-state index is 13.3. The summed E-state index contributed by atoms with van der Waals surface area (Å²) >= 11 is 1.72. The number of rotatable bonds is 7. The number of thiophene rings is 1. The van der Waals surface area contributed by atoms with Crippen molar-refractivity contribution in [1.29, 1.82) is 0 Å². The zero-order valence-corrected chi connectivity index (χ0v) is 19.2. The fraction of sp³-hybridized carbons (Fsp3) is 0.346. The lowest BCUT2D eigenvalue weighted by atomic mass is 9.72. The largest absolute Gasteiger partial charge is 0.356 e. The monoisotopic (exact) mass is 447 g/mol. The van der Waals surface area contributed by atoms with Crippen molar-refractivity contribution < 1.29 is 9.59 Å². The van der Waals surface area contributed by atoms with Crippen molar-refractivity contribution in [2.75, 3.05) is 19.6 Å². The summed E-state index contributed by atoms with van der Waals surface area (Å²) in [5, 5.41) is 5.15. The Hall–Kier alpha value is -2.99. The molecular formula is C26H29N3O2S. The maximum atomic E-state index is 13.3. The van der Waals surface area contributed by atoms with E-state index in [9.17, 15) is 9.59 Å². The Labute approximate surface area is 193 Å². The topological polar surface area (TPSA) is 62.3 Å². The minimum absolute atomic E-state index is 0.0975. The van der Waals surface area contributed by atoms with Crippen molar-refractivity contribution in [1.82, 2.24) is 15.2 Å². The molecule has 1 N–H and O–H groups in total. The van der Waals surface area contributed by atoms with E-state index >= 15 is 0 Å². The van der Waals surface area contributed by atoms with Gasteiger partial charge in [-0.2, -0.15) is 0 Å². The second kappa shape index (κ2) is 10.1. The number of hydrogen-bond acceptors (Lipinski definition) is 4. The zero-order valence-electron chi connectivity index (χ0n) is 18.4. The van der Waals surface area contributed by atoms with Gasteiger partial charge in [-0.15, -0.1) is 11.3 Å². The van der Waals surface area contributed by atoms with E-state index in [1.54, 1.807) is 23.7 Å². The highest BCUT2D eigenvalue weighted by Gasteiger charge is 2.42. The van der Waals surface area contributed by atoms with Gasteiger partial charge in [0.25, 0.3) is 0 Å². The van der Waals surface area contributed by atoms with Crippen LogP contribution in [0.25, 0.3) is 10.4 Å². The van der Waals surface area contributed by atoms with Crippen LogP contribution in [-0.2, 0) is 22.4 Å². The average molecular weight is 448 g/mol. The molecule has 1 aliphatic rings. The molecule has 1 aromatic carbocycles. The molecule has 3 aromatic rings. The molecule has 0 radical (unpaired) electrons. The lowest BCUT2D eigenvalue weighted by Gasteiger charge is -2.41. The molecule has 0 unspecified atom stereocenters. The van der Waals surface area contributed by atoms with Crippen molar-refractivity contribution in [3.8, 4) is 10.4 Å². The van der Waals surface area contributed by atoms with Crippen molar-refractivity contribution >= 4 is 23.2 Å². The third-order valence-corrected chi connectivity index (χ3v) is 7.21. The Morgan fingerprint density at radius 1 is 1.09 bits per heavy atom. The van der Waals surface area contributed by atoms with E-state index in [0.717, 1.165) is 5.56 Å². The molecule has 3 heterocycles. The van der Waals surface area contributed by atoms with Crippen LogP contribution in [0.5, 0.6) is 0 Å². The number of carbonyl (C=O) groups is 2. The van der Waals surface area contributed by atoms with Crippen LogP contribution in [0.3, 0.4) is 0 Å². The van der Waals surface area contributed by atoms with Crippen LogP contribution < -0.4 is 5.32 Å². The van der Waals surface area contributed by atoms with E-state index in [4.69, 9.17) is 0 Å². The first kappa shape index (κ1) is 22.2. The highest BCUT2D eigenvalue weighted by Crippen LogP contribution is 2.39. The Kier molecular flexibility index (Phi) is 7.00. The Balaban J connectivity index is 1.52. The number of amides is 2. The molecule has 0 bridgehead atoms. The Morgan fingerprint density at radius 2 is 1.91 bits per heavy atom.